The standard InChI is InChI=1S/C20H21N5O3/c1-27-17-7-6-14(9-18(17)28-2)11-22-19-10-16(24-13-25-19)20(26)23-12-15-5-3-4-8-21-15/h3-10,13H,11-12H2,1-2H3,(H,23,26)(H,22,24,25). The van der Waals surface area contributed by atoms with Crippen molar-refractivity contribution in [2.24, 2.45) is 0 Å². The summed E-state index contributed by atoms with van der Waals surface area (Å²) in [6.45, 7) is 0.838. The molecule has 0 radical (unpaired) electrons. The summed E-state index contributed by atoms with van der Waals surface area (Å²) in [4.78, 5) is 24.7. The zero-order chi connectivity index (χ0) is 19.8. The van der Waals surface area contributed by atoms with E-state index >= 15 is 0 Å². The van der Waals surface area contributed by atoms with Crippen LogP contribution in [-0.4, -0.2) is 35.1 Å². The molecular formula is C20H21N5O3. The molecule has 2 aromatic heterocycles. The average Bonchev–Trinajstić information content (AvgIpc) is 2.76. The molecule has 0 spiro atoms. The molecule has 3 aromatic rings. The first-order chi connectivity index (χ1) is 13.7. The first-order valence-corrected chi connectivity index (χ1v) is 8.64. The zero-order valence-corrected chi connectivity index (χ0v) is 15.7. The maximum absolute atomic E-state index is 12.3. The number of carbonyl (C=O) groups is 1. The molecule has 0 unspecified atom stereocenters. The second-order valence-corrected chi connectivity index (χ2v) is 5.84. The quantitative estimate of drug-likeness (QED) is 0.620. The van der Waals surface area contributed by atoms with Gasteiger partial charge in [-0.05, 0) is 29.8 Å². The molecule has 8 heteroatoms. The van der Waals surface area contributed by atoms with Gasteiger partial charge in [-0.25, -0.2) is 9.97 Å². The number of anilines is 1. The minimum absolute atomic E-state index is 0.278. The third kappa shape index (κ3) is 4.94. The van der Waals surface area contributed by atoms with Gasteiger partial charge in [0.2, 0.25) is 0 Å². The van der Waals surface area contributed by atoms with Crippen LogP contribution in [0.2, 0.25) is 0 Å². The Balaban J connectivity index is 1.61. The molecule has 0 atom stereocenters. The Kier molecular flexibility index (Phi) is 6.35. The van der Waals surface area contributed by atoms with Crippen LogP contribution in [0.5, 0.6) is 11.5 Å². The third-order valence-electron chi connectivity index (χ3n) is 3.98. The van der Waals surface area contributed by atoms with E-state index in [9.17, 15) is 4.79 Å². The van der Waals surface area contributed by atoms with E-state index in [4.69, 9.17) is 9.47 Å². The number of ether oxygens (including phenoxy) is 2. The highest BCUT2D eigenvalue weighted by atomic mass is 16.5. The normalized spacial score (nSPS) is 10.2. The highest BCUT2D eigenvalue weighted by molar-refractivity contribution is 5.92. The summed E-state index contributed by atoms with van der Waals surface area (Å²) < 4.78 is 10.5. The molecule has 8 nitrogen and oxygen atoms in total. The van der Waals surface area contributed by atoms with Crippen molar-refractivity contribution >= 4 is 11.7 Å². The molecule has 0 aliphatic heterocycles. The van der Waals surface area contributed by atoms with Crippen LogP contribution in [0.1, 0.15) is 21.7 Å². The van der Waals surface area contributed by atoms with Crippen molar-refractivity contribution in [3.8, 4) is 11.5 Å². The minimum atomic E-state index is -0.290. The van der Waals surface area contributed by atoms with Gasteiger partial charge in [-0.3, -0.25) is 9.78 Å². The second-order valence-electron chi connectivity index (χ2n) is 5.84. The molecule has 2 heterocycles. The van der Waals surface area contributed by atoms with E-state index in [0.29, 0.717) is 30.4 Å². The number of aromatic nitrogens is 3. The van der Waals surface area contributed by atoms with E-state index in [2.05, 4.69) is 25.6 Å². The van der Waals surface area contributed by atoms with Crippen LogP contribution in [-0.2, 0) is 13.1 Å². The van der Waals surface area contributed by atoms with Crippen molar-refractivity contribution in [1.82, 2.24) is 20.3 Å². The third-order valence-corrected chi connectivity index (χ3v) is 3.98. The van der Waals surface area contributed by atoms with E-state index < -0.39 is 0 Å². The summed E-state index contributed by atoms with van der Waals surface area (Å²) >= 11 is 0. The molecule has 1 aromatic carbocycles. The monoisotopic (exact) mass is 379 g/mol. The molecule has 3 rings (SSSR count). The molecule has 144 valence electrons. The second kappa shape index (κ2) is 9.31. The van der Waals surface area contributed by atoms with Crippen molar-refractivity contribution in [2.75, 3.05) is 19.5 Å². The Morgan fingerprint density at radius 3 is 2.57 bits per heavy atom. The fourth-order valence-corrected chi connectivity index (χ4v) is 2.53. The number of methoxy groups -OCH3 is 2. The van der Waals surface area contributed by atoms with Gasteiger partial charge in [0.1, 0.15) is 17.8 Å². The number of hydrogen-bond acceptors (Lipinski definition) is 7. The summed E-state index contributed by atoms with van der Waals surface area (Å²) in [5.74, 6) is 1.58. The Morgan fingerprint density at radius 2 is 1.82 bits per heavy atom. The summed E-state index contributed by atoms with van der Waals surface area (Å²) in [6, 6.07) is 12.8. The predicted molar refractivity (Wildman–Crippen MR) is 104 cm³/mol. The number of amides is 1. The van der Waals surface area contributed by atoms with Crippen molar-refractivity contribution in [1.29, 1.82) is 0 Å². The van der Waals surface area contributed by atoms with Crippen molar-refractivity contribution in [3.63, 3.8) is 0 Å². The molecule has 0 saturated carbocycles. The molecular weight excluding hydrogens is 358 g/mol. The SMILES string of the molecule is COc1ccc(CNc2cc(C(=O)NCc3ccccn3)ncn2)cc1OC. The molecule has 0 saturated heterocycles. The number of nitrogens with one attached hydrogen (secondary N) is 2. The Labute approximate surface area is 163 Å². The number of rotatable bonds is 8. The van der Waals surface area contributed by atoms with Crippen LogP contribution < -0.4 is 20.1 Å². The summed E-state index contributed by atoms with van der Waals surface area (Å²) in [7, 11) is 3.19. The fraction of sp³-hybridized carbons (Fsp3) is 0.200. The minimum Gasteiger partial charge on any atom is -0.493 e. The maximum Gasteiger partial charge on any atom is 0.270 e. The van der Waals surface area contributed by atoms with Gasteiger partial charge >= 0.3 is 0 Å². The van der Waals surface area contributed by atoms with Gasteiger partial charge in [0.25, 0.3) is 5.91 Å². The Bertz CT molecular complexity index is 934. The number of hydrogen-bond donors (Lipinski definition) is 2. The molecule has 2 N–H and O–H groups in total. The maximum atomic E-state index is 12.3. The van der Waals surface area contributed by atoms with Crippen LogP contribution in [0, 0.1) is 0 Å². The van der Waals surface area contributed by atoms with Crippen LogP contribution in [0.15, 0.2) is 55.0 Å². The van der Waals surface area contributed by atoms with Gasteiger partial charge in [0.15, 0.2) is 11.5 Å². The van der Waals surface area contributed by atoms with Gasteiger partial charge < -0.3 is 20.1 Å². The zero-order valence-electron chi connectivity index (χ0n) is 15.7. The molecule has 0 fully saturated rings. The molecule has 0 aliphatic rings. The van der Waals surface area contributed by atoms with Crippen LogP contribution in [0.3, 0.4) is 0 Å². The lowest BCUT2D eigenvalue weighted by Gasteiger charge is -2.11. The molecule has 0 bridgehead atoms. The lowest BCUT2D eigenvalue weighted by Crippen LogP contribution is -2.24. The van der Waals surface area contributed by atoms with Gasteiger partial charge in [-0.1, -0.05) is 12.1 Å². The van der Waals surface area contributed by atoms with E-state index in [1.165, 1.54) is 6.33 Å². The van der Waals surface area contributed by atoms with Crippen LogP contribution >= 0.6 is 0 Å². The van der Waals surface area contributed by atoms with Gasteiger partial charge in [-0.2, -0.15) is 0 Å². The topological polar surface area (TPSA) is 98.3 Å². The van der Waals surface area contributed by atoms with E-state index in [-0.39, 0.29) is 11.6 Å². The van der Waals surface area contributed by atoms with E-state index in [1.807, 2.05) is 36.4 Å². The van der Waals surface area contributed by atoms with E-state index in [1.54, 1.807) is 26.5 Å². The predicted octanol–water partition coefficient (Wildman–Crippen LogP) is 2.43. The van der Waals surface area contributed by atoms with Crippen LogP contribution in [0.4, 0.5) is 5.82 Å². The number of pyridine rings is 1. The van der Waals surface area contributed by atoms with Crippen molar-refractivity contribution < 1.29 is 14.3 Å². The highest BCUT2D eigenvalue weighted by Crippen LogP contribution is 2.27. The summed E-state index contributed by atoms with van der Waals surface area (Å²) in [6.07, 6.45) is 3.04. The Hall–Kier alpha value is -3.68. The average molecular weight is 379 g/mol. The first-order valence-electron chi connectivity index (χ1n) is 8.64. The smallest absolute Gasteiger partial charge is 0.270 e. The number of nitrogens with zero attached hydrogens (tertiary/aromatic N) is 3. The van der Waals surface area contributed by atoms with Gasteiger partial charge in [0, 0.05) is 18.8 Å². The first kappa shape index (κ1) is 19.1. The largest absolute Gasteiger partial charge is 0.493 e. The summed E-state index contributed by atoms with van der Waals surface area (Å²) in [5.41, 5.74) is 2.04. The highest BCUT2D eigenvalue weighted by Gasteiger charge is 2.09. The van der Waals surface area contributed by atoms with Crippen molar-refractivity contribution in [2.45, 2.75) is 13.1 Å². The van der Waals surface area contributed by atoms with E-state index in [0.717, 1.165) is 11.3 Å². The molecule has 1 amide bonds. The fourth-order valence-electron chi connectivity index (χ4n) is 2.53. The van der Waals surface area contributed by atoms with Gasteiger partial charge in [-0.15, -0.1) is 0 Å². The number of benzene rings is 1. The molecule has 0 aliphatic carbocycles. The number of carbonyl (C=O) groups excluding carboxylic acids is 1. The summed E-state index contributed by atoms with van der Waals surface area (Å²) in [5, 5.41) is 5.97. The Morgan fingerprint density at radius 1 is 0.964 bits per heavy atom. The van der Waals surface area contributed by atoms with Gasteiger partial charge in [0.05, 0.1) is 26.5 Å². The lowest BCUT2D eigenvalue weighted by atomic mass is 10.2. The van der Waals surface area contributed by atoms with Crippen molar-refractivity contribution in [3.05, 3.63) is 71.9 Å². The van der Waals surface area contributed by atoms with Crippen LogP contribution in [0.25, 0.3) is 0 Å². The lowest BCUT2D eigenvalue weighted by molar-refractivity contribution is 0.0945. The molecule has 28 heavy (non-hydrogen) atoms.